The molecule has 1 aromatic carbocycles. The molecule has 1 aromatic rings. The average molecular weight is 401 g/mol. The number of hydrogen-bond acceptors (Lipinski definition) is 6. The van der Waals surface area contributed by atoms with Crippen LogP contribution in [0.4, 0.5) is 5.69 Å². The summed E-state index contributed by atoms with van der Waals surface area (Å²) < 4.78 is 0. The summed E-state index contributed by atoms with van der Waals surface area (Å²) in [5.41, 5.74) is 0.168. The molecule has 0 bridgehead atoms. The highest BCUT2D eigenvalue weighted by Crippen LogP contribution is 2.36. The van der Waals surface area contributed by atoms with Crippen LogP contribution in [-0.4, -0.2) is 64.3 Å². The van der Waals surface area contributed by atoms with Crippen LogP contribution in [0, 0.1) is 5.92 Å². The van der Waals surface area contributed by atoms with Crippen LogP contribution < -0.4 is 10.2 Å². The molecule has 2 saturated heterocycles. The molecule has 0 radical (unpaired) electrons. The molecule has 0 spiro atoms. The molecule has 3 N–H and O–H groups in total. The maximum absolute atomic E-state index is 13.3. The number of rotatable bonds is 3. The number of carbonyl (C=O) groups is 3. The van der Waals surface area contributed by atoms with Crippen molar-refractivity contribution in [1.82, 2.24) is 10.2 Å². The quantitative estimate of drug-likeness (QED) is 0.649. The lowest BCUT2D eigenvalue weighted by molar-refractivity contribution is -0.127. The van der Waals surface area contributed by atoms with E-state index in [4.69, 9.17) is 0 Å². The summed E-state index contributed by atoms with van der Waals surface area (Å²) in [6, 6.07) is 4.72. The van der Waals surface area contributed by atoms with Crippen molar-refractivity contribution < 1.29 is 24.6 Å². The van der Waals surface area contributed by atoms with Crippen LogP contribution >= 0.6 is 0 Å². The van der Waals surface area contributed by atoms with E-state index in [0.717, 1.165) is 31.6 Å². The molecule has 0 saturated carbocycles. The van der Waals surface area contributed by atoms with Crippen molar-refractivity contribution >= 4 is 23.4 Å². The second kappa shape index (κ2) is 7.42. The summed E-state index contributed by atoms with van der Waals surface area (Å²) >= 11 is 0. The lowest BCUT2D eigenvalue weighted by Crippen LogP contribution is -2.44. The number of aliphatic hydroxyl groups is 2. The van der Waals surface area contributed by atoms with Crippen LogP contribution in [-0.2, 0) is 4.79 Å². The monoisotopic (exact) mass is 401 g/mol. The number of nitrogens with zero attached hydrogens (tertiary/aromatic N) is 2. The van der Waals surface area contributed by atoms with Gasteiger partial charge in [0.2, 0.25) is 5.91 Å². The lowest BCUT2D eigenvalue weighted by Gasteiger charge is -2.33. The standard InChI is InChI=1S/C21H27N3O5/c1-21(29)8-5-14(11-17(26)22-21)24-19(27)15-3-2-4-16(18(15)20(24)28)23-9-6-13(12-25)7-10-23/h2-4,13-14,25,29H,5-12H2,1H3,(H,22,26)/t14-,21?/m1/s1. The van der Waals surface area contributed by atoms with Crippen molar-refractivity contribution in [3.63, 3.8) is 0 Å². The first kappa shape index (κ1) is 19.8. The number of benzene rings is 1. The fraction of sp³-hybridized carbons (Fsp3) is 0.571. The third kappa shape index (κ3) is 3.62. The molecule has 3 heterocycles. The highest BCUT2D eigenvalue weighted by molar-refractivity contribution is 6.24. The molecule has 0 aliphatic carbocycles. The molecule has 8 heteroatoms. The van der Waals surface area contributed by atoms with Crippen LogP contribution in [0.15, 0.2) is 18.2 Å². The molecular formula is C21H27N3O5. The zero-order valence-corrected chi connectivity index (χ0v) is 16.6. The Morgan fingerprint density at radius 1 is 1.14 bits per heavy atom. The van der Waals surface area contributed by atoms with Gasteiger partial charge in [0.25, 0.3) is 11.8 Å². The molecular weight excluding hydrogens is 374 g/mol. The van der Waals surface area contributed by atoms with E-state index in [-0.39, 0.29) is 43.1 Å². The van der Waals surface area contributed by atoms with Gasteiger partial charge >= 0.3 is 0 Å². The minimum Gasteiger partial charge on any atom is -0.396 e. The van der Waals surface area contributed by atoms with E-state index >= 15 is 0 Å². The van der Waals surface area contributed by atoms with E-state index in [1.807, 2.05) is 6.07 Å². The normalized spacial score (nSPS) is 28.4. The molecule has 0 aromatic heterocycles. The second-order valence-corrected chi connectivity index (χ2v) is 8.51. The van der Waals surface area contributed by atoms with Gasteiger partial charge in [-0.3, -0.25) is 19.3 Å². The topological polar surface area (TPSA) is 110 Å². The maximum Gasteiger partial charge on any atom is 0.263 e. The molecule has 8 nitrogen and oxygen atoms in total. The molecule has 3 amide bonds. The van der Waals surface area contributed by atoms with Gasteiger partial charge in [-0.15, -0.1) is 0 Å². The Morgan fingerprint density at radius 3 is 2.55 bits per heavy atom. The van der Waals surface area contributed by atoms with Gasteiger partial charge in [0.05, 0.1) is 16.8 Å². The van der Waals surface area contributed by atoms with Gasteiger partial charge < -0.3 is 20.4 Å². The van der Waals surface area contributed by atoms with Gasteiger partial charge in [-0.25, -0.2) is 0 Å². The Morgan fingerprint density at radius 2 is 1.86 bits per heavy atom. The smallest absolute Gasteiger partial charge is 0.263 e. The summed E-state index contributed by atoms with van der Waals surface area (Å²) in [6.45, 7) is 3.12. The Hall–Kier alpha value is -2.45. The fourth-order valence-corrected chi connectivity index (χ4v) is 4.64. The highest BCUT2D eigenvalue weighted by Gasteiger charge is 2.44. The Bertz CT molecular complexity index is 845. The van der Waals surface area contributed by atoms with E-state index < -0.39 is 11.8 Å². The van der Waals surface area contributed by atoms with E-state index in [9.17, 15) is 24.6 Å². The molecule has 3 aliphatic rings. The van der Waals surface area contributed by atoms with Gasteiger partial charge in [0, 0.05) is 32.2 Å². The van der Waals surface area contributed by atoms with Crippen LogP contribution in [0.3, 0.4) is 0 Å². The number of aliphatic hydroxyl groups excluding tert-OH is 1. The van der Waals surface area contributed by atoms with E-state index in [1.165, 1.54) is 11.8 Å². The summed E-state index contributed by atoms with van der Waals surface area (Å²) in [6.07, 6.45) is 2.28. The van der Waals surface area contributed by atoms with Crippen molar-refractivity contribution in [3.05, 3.63) is 29.3 Å². The molecule has 2 atom stereocenters. The first-order valence-corrected chi connectivity index (χ1v) is 10.2. The minimum absolute atomic E-state index is 0.0150. The Balaban J connectivity index is 1.61. The van der Waals surface area contributed by atoms with Gasteiger partial charge in [0.15, 0.2) is 0 Å². The number of imide groups is 1. The highest BCUT2D eigenvalue weighted by atomic mass is 16.3. The van der Waals surface area contributed by atoms with Crippen molar-refractivity contribution in [2.24, 2.45) is 5.92 Å². The number of nitrogens with one attached hydrogen (secondary N) is 1. The summed E-state index contributed by atoms with van der Waals surface area (Å²) in [5, 5.41) is 22.1. The number of amides is 3. The van der Waals surface area contributed by atoms with Gasteiger partial charge in [-0.1, -0.05) is 6.07 Å². The summed E-state index contributed by atoms with van der Waals surface area (Å²) in [4.78, 5) is 41.9. The number of hydrogen-bond donors (Lipinski definition) is 3. The predicted molar refractivity (Wildman–Crippen MR) is 105 cm³/mol. The fourth-order valence-electron chi connectivity index (χ4n) is 4.64. The van der Waals surface area contributed by atoms with E-state index in [1.54, 1.807) is 12.1 Å². The van der Waals surface area contributed by atoms with Crippen molar-refractivity contribution in [1.29, 1.82) is 0 Å². The van der Waals surface area contributed by atoms with Crippen molar-refractivity contribution in [2.45, 2.75) is 50.8 Å². The zero-order chi connectivity index (χ0) is 20.8. The van der Waals surface area contributed by atoms with Gasteiger partial charge in [0.1, 0.15) is 5.72 Å². The molecule has 3 aliphatic heterocycles. The molecule has 4 rings (SSSR count). The number of carbonyl (C=O) groups excluding carboxylic acids is 3. The number of piperidine rings is 1. The van der Waals surface area contributed by atoms with Crippen LogP contribution in [0.1, 0.15) is 59.7 Å². The number of anilines is 1. The summed E-state index contributed by atoms with van der Waals surface area (Å²) in [5.74, 6) is -0.852. The third-order valence-corrected chi connectivity index (χ3v) is 6.30. The molecule has 1 unspecified atom stereocenters. The van der Waals surface area contributed by atoms with Gasteiger partial charge in [-0.2, -0.15) is 0 Å². The Kier molecular flexibility index (Phi) is 5.08. The molecule has 2 fully saturated rings. The largest absolute Gasteiger partial charge is 0.396 e. The van der Waals surface area contributed by atoms with Crippen LogP contribution in [0.2, 0.25) is 0 Å². The lowest BCUT2D eigenvalue weighted by atomic mass is 9.96. The van der Waals surface area contributed by atoms with Crippen LogP contribution in [0.25, 0.3) is 0 Å². The second-order valence-electron chi connectivity index (χ2n) is 8.51. The van der Waals surface area contributed by atoms with E-state index in [0.29, 0.717) is 17.5 Å². The molecule has 156 valence electrons. The Labute approximate surface area is 169 Å². The number of fused-ring (bicyclic) bond motifs is 1. The molecule has 29 heavy (non-hydrogen) atoms. The minimum atomic E-state index is -1.34. The average Bonchev–Trinajstić information content (AvgIpc) is 2.86. The maximum atomic E-state index is 13.3. The van der Waals surface area contributed by atoms with Gasteiger partial charge in [-0.05, 0) is 50.7 Å². The van der Waals surface area contributed by atoms with Crippen molar-refractivity contribution in [2.75, 3.05) is 24.6 Å². The first-order valence-electron chi connectivity index (χ1n) is 10.2. The predicted octanol–water partition coefficient (Wildman–Crippen LogP) is 0.868. The van der Waals surface area contributed by atoms with Crippen molar-refractivity contribution in [3.8, 4) is 0 Å². The SMILES string of the molecule is CC1(O)CC[C@@H](N2C(=O)c3cccc(N4CCC(CO)CC4)c3C2=O)CC(=O)N1. The van der Waals surface area contributed by atoms with E-state index in [2.05, 4.69) is 10.2 Å². The van der Waals surface area contributed by atoms with Crippen LogP contribution in [0.5, 0.6) is 0 Å². The first-order chi connectivity index (χ1) is 13.8. The summed E-state index contributed by atoms with van der Waals surface area (Å²) in [7, 11) is 0. The zero-order valence-electron chi connectivity index (χ0n) is 16.6. The third-order valence-electron chi connectivity index (χ3n) is 6.30.